The minimum Gasteiger partial charge on any atom is -0.508 e. The predicted octanol–water partition coefficient (Wildman–Crippen LogP) is 6.03. The van der Waals surface area contributed by atoms with Gasteiger partial charge in [-0.3, -0.25) is 0 Å². The third-order valence-corrected chi connectivity index (χ3v) is 6.79. The zero-order valence-electron chi connectivity index (χ0n) is 18.8. The highest BCUT2D eigenvalue weighted by molar-refractivity contribution is 7.80. The predicted molar refractivity (Wildman–Crippen MR) is 141 cm³/mol. The molecule has 4 aromatic carbocycles. The van der Waals surface area contributed by atoms with Gasteiger partial charge in [-0.2, -0.15) is 0 Å². The van der Waals surface area contributed by atoms with Crippen molar-refractivity contribution in [3.05, 3.63) is 108 Å². The molecule has 34 heavy (non-hydrogen) atoms. The number of phenolic OH excluding ortho intramolecular Hbond substituents is 2. The normalized spacial score (nSPS) is 13.5. The van der Waals surface area contributed by atoms with Crippen molar-refractivity contribution in [2.75, 3.05) is 13.1 Å². The molecular formula is C29H26N2O2S. The minimum atomic E-state index is 0.272. The van der Waals surface area contributed by atoms with Crippen LogP contribution in [0.3, 0.4) is 0 Å². The van der Waals surface area contributed by atoms with Crippen LogP contribution in [0, 0.1) is 0 Å². The Morgan fingerprint density at radius 3 is 1.38 bits per heavy atom. The third kappa shape index (κ3) is 4.61. The minimum absolute atomic E-state index is 0.272. The molecule has 1 aliphatic rings. The first-order valence-corrected chi connectivity index (χ1v) is 11.8. The number of thiocarbonyl (C=S) groups is 1. The average molecular weight is 467 g/mol. The van der Waals surface area contributed by atoms with E-state index in [1.54, 1.807) is 12.1 Å². The Kier molecular flexibility index (Phi) is 6.19. The van der Waals surface area contributed by atoms with Crippen molar-refractivity contribution in [2.45, 2.75) is 13.1 Å². The lowest BCUT2D eigenvalue weighted by atomic mass is 10.0. The molecule has 0 amide bonds. The first-order valence-electron chi connectivity index (χ1n) is 11.4. The van der Waals surface area contributed by atoms with Crippen LogP contribution in [0.2, 0.25) is 0 Å². The highest BCUT2D eigenvalue weighted by Gasteiger charge is 2.26. The third-order valence-electron chi connectivity index (χ3n) is 6.28. The first-order chi connectivity index (χ1) is 16.6. The van der Waals surface area contributed by atoms with Crippen molar-refractivity contribution < 1.29 is 10.2 Å². The van der Waals surface area contributed by atoms with Gasteiger partial charge in [-0.25, -0.2) is 0 Å². The van der Waals surface area contributed by atoms with Gasteiger partial charge in [-0.1, -0.05) is 72.8 Å². The fourth-order valence-corrected chi connectivity index (χ4v) is 4.69. The van der Waals surface area contributed by atoms with Gasteiger partial charge >= 0.3 is 0 Å². The second-order valence-corrected chi connectivity index (χ2v) is 8.91. The monoisotopic (exact) mass is 466 g/mol. The van der Waals surface area contributed by atoms with Gasteiger partial charge in [0.05, 0.1) is 0 Å². The summed E-state index contributed by atoms with van der Waals surface area (Å²) in [6, 6.07) is 31.7. The van der Waals surface area contributed by atoms with Crippen LogP contribution in [-0.4, -0.2) is 38.2 Å². The Balaban J connectivity index is 1.31. The number of hydrogen-bond acceptors (Lipinski definition) is 3. The van der Waals surface area contributed by atoms with Crippen LogP contribution in [0.4, 0.5) is 0 Å². The quantitative estimate of drug-likeness (QED) is 0.340. The first kappa shape index (κ1) is 22.0. The van der Waals surface area contributed by atoms with Crippen molar-refractivity contribution in [3.63, 3.8) is 0 Å². The molecule has 0 saturated carbocycles. The average Bonchev–Trinajstić information content (AvgIpc) is 3.21. The highest BCUT2D eigenvalue weighted by Crippen LogP contribution is 2.30. The van der Waals surface area contributed by atoms with E-state index < -0.39 is 0 Å². The number of hydrogen-bond donors (Lipinski definition) is 2. The Morgan fingerprint density at radius 2 is 0.971 bits per heavy atom. The molecule has 0 aromatic heterocycles. The summed E-state index contributed by atoms with van der Waals surface area (Å²) in [7, 11) is 0. The van der Waals surface area contributed by atoms with Crippen LogP contribution >= 0.6 is 12.2 Å². The van der Waals surface area contributed by atoms with E-state index in [2.05, 4.69) is 34.1 Å². The number of phenols is 2. The van der Waals surface area contributed by atoms with Gasteiger partial charge in [0.25, 0.3) is 0 Å². The van der Waals surface area contributed by atoms with Gasteiger partial charge in [-0.05, 0) is 58.7 Å². The van der Waals surface area contributed by atoms with E-state index in [-0.39, 0.29) is 11.5 Å². The molecule has 2 N–H and O–H groups in total. The number of rotatable bonds is 6. The molecule has 0 unspecified atom stereocenters. The summed E-state index contributed by atoms with van der Waals surface area (Å²) >= 11 is 5.79. The molecule has 1 saturated heterocycles. The van der Waals surface area contributed by atoms with E-state index >= 15 is 0 Å². The van der Waals surface area contributed by atoms with Crippen LogP contribution in [0.15, 0.2) is 97.1 Å². The van der Waals surface area contributed by atoms with Crippen molar-refractivity contribution in [2.24, 2.45) is 0 Å². The van der Waals surface area contributed by atoms with E-state index in [4.69, 9.17) is 12.2 Å². The van der Waals surface area contributed by atoms with Crippen LogP contribution in [0.1, 0.15) is 11.1 Å². The van der Waals surface area contributed by atoms with E-state index in [0.29, 0.717) is 13.1 Å². The van der Waals surface area contributed by atoms with Crippen LogP contribution in [0.5, 0.6) is 11.5 Å². The Hall–Kier alpha value is -3.83. The Bertz CT molecular complexity index is 1210. The maximum absolute atomic E-state index is 10.5. The van der Waals surface area contributed by atoms with Gasteiger partial charge in [0.15, 0.2) is 5.11 Å². The summed E-state index contributed by atoms with van der Waals surface area (Å²) < 4.78 is 0. The molecule has 170 valence electrons. The van der Waals surface area contributed by atoms with E-state index in [9.17, 15) is 10.2 Å². The SMILES string of the molecule is Oc1ccc(-c2ccccc2)cc1CN1CCN(Cc2cc(-c3ccccc3)ccc2O)C1=S. The molecule has 0 spiro atoms. The topological polar surface area (TPSA) is 46.9 Å². The van der Waals surface area contributed by atoms with Crippen molar-refractivity contribution in [3.8, 4) is 33.8 Å². The van der Waals surface area contributed by atoms with Crippen molar-refractivity contribution in [1.82, 2.24) is 9.80 Å². The van der Waals surface area contributed by atoms with Gasteiger partial charge in [0, 0.05) is 37.3 Å². The van der Waals surface area contributed by atoms with Crippen molar-refractivity contribution in [1.29, 1.82) is 0 Å². The van der Waals surface area contributed by atoms with Crippen LogP contribution in [-0.2, 0) is 13.1 Å². The second-order valence-electron chi connectivity index (χ2n) is 8.54. The van der Waals surface area contributed by atoms with Gasteiger partial charge in [0.2, 0.25) is 0 Å². The fraction of sp³-hybridized carbons (Fsp3) is 0.138. The molecule has 1 aliphatic heterocycles. The molecule has 0 atom stereocenters. The molecule has 1 fully saturated rings. The maximum Gasteiger partial charge on any atom is 0.172 e. The lowest BCUT2D eigenvalue weighted by Crippen LogP contribution is -2.31. The molecule has 4 nitrogen and oxygen atoms in total. The summed E-state index contributed by atoms with van der Waals surface area (Å²) in [5.41, 5.74) is 6.06. The summed E-state index contributed by atoms with van der Waals surface area (Å²) in [5.74, 6) is 0.545. The van der Waals surface area contributed by atoms with Gasteiger partial charge in [0.1, 0.15) is 11.5 Å². The van der Waals surface area contributed by atoms with Crippen LogP contribution in [0.25, 0.3) is 22.3 Å². The van der Waals surface area contributed by atoms with Crippen LogP contribution < -0.4 is 0 Å². The molecule has 5 heteroatoms. The molecule has 0 aliphatic carbocycles. The molecular weight excluding hydrogens is 440 g/mol. The summed E-state index contributed by atoms with van der Waals surface area (Å²) in [4.78, 5) is 4.22. The summed E-state index contributed by atoms with van der Waals surface area (Å²) in [6.07, 6.45) is 0. The molecule has 4 aromatic rings. The number of aromatic hydroxyl groups is 2. The fourth-order valence-electron chi connectivity index (χ4n) is 4.38. The van der Waals surface area contributed by atoms with Gasteiger partial charge < -0.3 is 20.0 Å². The van der Waals surface area contributed by atoms with Gasteiger partial charge in [-0.15, -0.1) is 0 Å². The molecule has 0 bridgehead atoms. The molecule has 0 radical (unpaired) electrons. The van der Waals surface area contributed by atoms with E-state index in [0.717, 1.165) is 51.6 Å². The Morgan fingerprint density at radius 1 is 0.559 bits per heavy atom. The molecule has 1 heterocycles. The standard InChI is InChI=1S/C29H26N2O2S/c32-27-13-11-23(21-7-3-1-4-8-21)17-25(27)19-30-15-16-31(29(30)34)20-26-18-24(12-14-28(26)33)22-9-5-2-6-10-22/h1-14,17-18,32-33H,15-16,19-20H2. The molecule has 5 rings (SSSR count). The zero-order valence-corrected chi connectivity index (χ0v) is 19.6. The smallest absolute Gasteiger partial charge is 0.172 e. The second kappa shape index (κ2) is 9.57. The van der Waals surface area contributed by atoms with E-state index in [1.807, 2.05) is 60.7 Å². The lowest BCUT2D eigenvalue weighted by molar-refractivity contribution is 0.426. The van der Waals surface area contributed by atoms with Crippen molar-refractivity contribution >= 4 is 17.3 Å². The largest absolute Gasteiger partial charge is 0.508 e. The highest BCUT2D eigenvalue weighted by atomic mass is 32.1. The van der Waals surface area contributed by atoms with E-state index in [1.165, 1.54) is 0 Å². The Labute approximate surface area is 205 Å². The maximum atomic E-state index is 10.5. The summed E-state index contributed by atoms with van der Waals surface area (Å²) in [5, 5.41) is 21.7. The number of nitrogens with zero attached hydrogens (tertiary/aromatic N) is 2. The lowest BCUT2D eigenvalue weighted by Gasteiger charge is -2.23. The summed E-state index contributed by atoms with van der Waals surface area (Å²) in [6.45, 7) is 2.62. The zero-order chi connectivity index (χ0) is 23.5. The number of benzene rings is 4.